The summed E-state index contributed by atoms with van der Waals surface area (Å²) in [6.45, 7) is 0.503. The lowest BCUT2D eigenvalue weighted by Gasteiger charge is -2.16. The lowest BCUT2D eigenvalue weighted by Crippen LogP contribution is -2.44. The molecule has 0 atom stereocenters. The number of halogens is 1. The molecule has 1 aliphatic heterocycles. The fraction of sp³-hybridized carbons (Fsp3) is 0.115. The number of nitrogens with zero attached hydrogens (tertiary/aromatic N) is 1. The molecule has 0 radical (unpaired) electrons. The molecule has 9 heteroatoms. The van der Waals surface area contributed by atoms with Gasteiger partial charge in [-0.25, -0.2) is 0 Å². The van der Waals surface area contributed by atoms with Gasteiger partial charge >= 0.3 is 0 Å². The fourth-order valence-electron chi connectivity index (χ4n) is 3.34. The van der Waals surface area contributed by atoms with E-state index in [9.17, 15) is 9.59 Å². The van der Waals surface area contributed by atoms with E-state index in [0.717, 1.165) is 28.8 Å². The van der Waals surface area contributed by atoms with Crippen LogP contribution < -0.4 is 14.9 Å². The summed E-state index contributed by atoms with van der Waals surface area (Å²) in [6.07, 6.45) is 2.46. The van der Waals surface area contributed by atoms with Crippen LogP contribution >= 0.6 is 35.6 Å². The van der Waals surface area contributed by atoms with Crippen LogP contribution in [0.1, 0.15) is 21.5 Å². The second-order valence-corrected chi connectivity index (χ2v) is 9.52. The van der Waals surface area contributed by atoms with E-state index >= 15 is 0 Å². The molecular weight excluding hydrogens is 504 g/mol. The third kappa shape index (κ3) is 6.03. The van der Waals surface area contributed by atoms with Crippen molar-refractivity contribution in [1.29, 1.82) is 0 Å². The van der Waals surface area contributed by atoms with Crippen LogP contribution in [0.25, 0.3) is 6.08 Å². The lowest BCUT2D eigenvalue weighted by atomic mass is 10.1. The van der Waals surface area contributed by atoms with Gasteiger partial charge in [0.05, 0.1) is 29.2 Å². The number of amides is 2. The first-order chi connectivity index (χ1) is 17.0. The Morgan fingerprint density at radius 2 is 1.83 bits per heavy atom. The first-order valence-electron chi connectivity index (χ1n) is 10.6. The van der Waals surface area contributed by atoms with Crippen LogP contribution in [0.2, 0.25) is 5.02 Å². The predicted octanol–water partition coefficient (Wildman–Crippen LogP) is 5.52. The summed E-state index contributed by atoms with van der Waals surface area (Å²) in [4.78, 5) is 25.9. The molecule has 0 spiro atoms. The summed E-state index contributed by atoms with van der Waals surface area (Å²) in [5.74, 6) is 0.212. The molecular formula is C26H21ClN2O4S2. The van der Waals surface area contributed by atoms with Gasteiger partial charge < -0.3 is 9.47 Å². The minimum Gasteiger partial charge on any atom is -0.493 e. The summed E-state index contributed by atoms with van der Waals surface area (Å²) >= 11 is 12.5. The summed E-state index contributed by atoms with van der Waals surface area (Å²) < 4.78 is 11.6. The van der Waals surface area contributed by atoms with Crippen molar-refractivity contribution in [3.63, 3.8) is 0 Å². The molecule has 35 heavy (non-hydrogen) atoms. The van der Waals surface area contributed by atoms with E-state index in [1.54, 1.807) is 49.6 Å². The molecule has 1 heterocycles. The maximum absolute atomic E-state index is 12.9. The molecule has 0 unspecified atom stereocenters. The third-order valence-electron chi connectivity index (χ3n) is 5.10. The molecule has 0 aromatic heterocycles. The van der Waals surface area contributed by atoms with Crippen molar-refractivity contribution in [2.75, 3.05) is 13.7 Å². The van der Waals surface area contributed by atoms with Gasteiger partial charge in [0, 0.05) is 6.42 Å². The predicted molar refractivity (Wildman–Crippen MR) is 143 cm³/mol. The Hall–Kier alpha value is -3.33. The van der Waals surface area contributed by atoms with Gasteiger partial charge in [-0.15, -0.1) is 0 Å². The number of hydrogen-bond acceptors (Lipinski definition) is 6. The first-order valence-corrected chi connectivity index (χ1v) is 12.2. The smallest absolute Gasteiger partial charge is 0.285 e. The van der Waals surface area contributed by atoms with Gasteiger partial charge in [-0.2, -0.15) is 5.01 Å². The minimum atomic E-state index is -0.521. The molecule has 178 valence electrons. The highest BCUT2D eigenvalue weighted by molar-refractivity contribution is 8.26. The van der Waals surface area contributed by atoms with Gasteiger partial charge in [-0.05, 0) is 53.7 Å². The summed E-state index contributed by atoms with van der Waals surface area (Å²) in [5, 5.41) is 1.33. The Morgan fingerprint density at radius 1 is 1.09 bits per heavy atom. The second kappa shape index (κ2) is 11.4. The van der Waals surface area contributed by atoms with Gasteiger partial charge in [0.1, 0.15) is 0 Å². The highest BCUT2D eigenvalue weighted by Gasteiger charge is 2.34. The van der Waals surface area contributed by atoms with Crippen molar-refractivity contribution in [2.45, 2.75) is 6.42 Å². The van der Waals surface area contributed by atoms with Crippen LogP contribution in [0.5, 0.6) is 11.5 Å². The number of carbonyl (C=O) groups excluding carboxylic acids is 2. The molecule has 2 amide bonds. The Balaban J connectivity index is 1.44. The zero-order valence-electron chi connectivity index (χ0n) is 18.7. The molecule has 4 rings (SSSR count). The van der Waals surface area contributed by atoms with E-state index in [1.807, 2.05) is 24.3 Å². The van der Waals surface area contributed by atoms with E-state index in [4.69, 9.17) is 33.3 Å². The Morgan fingerprint density at radius 3 is 2.57 bits per heavy atom. The van der Waals surface area contributed by atoms with E-state index in [0.29, 0.717) is 23.0 Å². The number of ether oxygens (including phenoxy) is 2. The standard InChI is InChI=1S/C26H21ClN2O4S2/c1-32-22-15-18(11-12-21(22)33-14-13-17-7-3-2-4-8-17)16-23-25(31)29(26(34)35-23)28-24(30)19-9-5-6-10-20(19)27/h2-12,15-16H,13-14H2,1H3,(H,28,30)/b23-16-. The summed E-state index contributed by atoms with van der Waals surface area (Å²) in [6, 6.07) is 22.1. The van der Waals surface area contributed by atoms with E-state index < -0.39 is 11.8 Å². The van der Waals surface area contributed by atoms with Gasteiger partial charge in [0.15, 0.2) is 15.8 Å². The Kier molecular flexibility index (Phi) is 8.07. The molecule has 1 fully saturated rings. The largest absolute Gasteiger partial charge is 0.493 e. The monoisotopic (exact) mass is 524 g/mol. The van der Waals surface area contributed by atoms with Crippen LogP contribution in [0.4, 0.5) is 0 Å². The van der Waals surface area contributed by atoms with Gasteiger partial charge in [0.2, 0.25) is 0 Å². The highest BCUT2D eigenvalue weighted by Crippen LogP contribution is 2.34. The number of thiocarbonyl (C=S) groups is 1. The molecule has 0 saturated carbocycles. The number of benzene rings is 3. The quantitative estimate of drug-likeness (QED) is 0.309. The Labute approximate surface area is 217 Å². The first kappa shape index (κ1) is 24.8. The fourth-order valence-corrected chi connectivity index (χ4v) is 4.74. The van der Waals surface area contributed by atoms with E-state index in [2.05, 4.69) is 17.6 Å². The van der Waals surface area contributed by atoms with E-state index in [-0.39, 0.29) is 14.9 Å². The van der Waals surface area contributed by atoms with Crippen molar-refractivity contribution in [3.8, 4) is 11.5 Å². The minimum absolute atomic E-state index is 0.217. The zero-order valence-corrected chi connectivity index (χ0v) is 21.1. The van der Waals surface area contributed by atoms with Crippen LogP contribution in [0.3, 0.4) is 0 Å². The van der Waals surface area contributed by atoms with Gasteiger partial charge in [-0.3, -0.25) is 15.0 Å². The summed E-state index contributed by atoms with van der Waals surface area (Å²) in [7, 11) is 1.56. The van der Waals surface area contributed by atoms with Crippen molar-refractivity contribution >= 4 is 57.8 Å². The summed E-state index contributed by atoms with van der Waals surface area (Å²) in [5.41, 5.74) is 4.70. The van der Waals surface area contributed by atoms with Crippen LogP contribution in [0.15, 0.2) is 77.7 Å². The van der Waals surface area contributed by atoms with Gasteiger partial charge in [0.25, 0.3) is 11.8 Å². The number of rotatable bonds is 8. The molecule has 1 saturated heterocycles. The molecule has 3 aromatic carbocycles. The van der Waals surface area contributed by atoms with Crippen molar-refractivity contribution < 1.29 is 19.1 Å². The molecule has 6 nitrogen and oxygen atoms in total. The number of hydrazine groups is 1. The number of nitrogens with one attached hydrogen (secondary N) is 1. The van der Waals surface area contributed by atoms with E-state index in [1.165, 1.54) is 5.56 Å². The average Bonchev–Trinajstić information content (AvgIpc) is 3.12. The zero-order chi connectivity index (χ0) is 24.8. The third-order valence-corrected chi connectivity index (χ3v) is 6.73. The Bertz CT molecular complexity index is 1300. The lowest BCUT2D eigenvalue weighted by molar-refractivity contribution is -0.123. The van der Waals surface area contributed by atoms with Crippen LogP contribution in [0, 0.1) is 0 Å². The second-order valence-electron chi connectivity index (χ2n) is 7.43. The molecule has 1 N–H and O–H groups in total. The van der Waals surface area contributed by atoms with Gasteiger partial charge in [-0.1, -0.05) is 71.9 Å². The van der Waals surface area contributed by atoms with Crippen LogP contribution in [-0.4, -0.2) is 34.9 Å². The topological polar surface area (TPSA) is 67.9 Å². The number of thioether (sulfide) groups is 1. The normalized spacial score (nSPS) is 14.3. The molecule has 3 aromatic rings. The number of methoxy groups -OCH3 is 1. The maximum atomic E-state index is 12.9. The van der Waals surface area contributed by atoms with Crippen LogP contribution in [-0.2, 0) is 11.2 Å². The SMILES string of the molecule is COc1cc(/C=C2\SC(=S)N(NC(=O)c3ccccc3Cl)C2=O)ccc1OCCc1ccccc1. The van der Waals surface area contributed by atoms with Crippen molar-refractivity contribution in [2.24, 2.45) is 0 Å². The molecule has 0 bridgehead atoms. The molecule has 0 aliphatic carbocycles. The number of hydrogen-bond donors (Lipinski definition) is 1. The van der Waals surface area contributed by atoms with Crippen molar-refractivity contribution in [1.82, 2.24) is 10.4 Å². The highest BCUT2D eigenvalue weighted by atomic mass is 35.5. The van der Waals surface area contributed by atoms with Crippen molar-refractivity contribution in [3.05, 3.63) is 99.4 Å². The number of carbonyl (C=O) groups is 2. The maximum Gasteiger partial charge on any atom is 0.285 e. The average molecular weight is 525 g/mol. The molecule has 1 aliphatic rings.